The fourth-order valence-corrected chi connectivity index (χ4v) is 7.46. The molecule has 1 aromatic heterocycles. The van der Waals surface area contributed by atoms with Gasteiger partial charge < -0.3 is 14.3 Å². The van der Waals surface area contributed by atoms with Crippen LogP contribution in [0, 0.1) is 22.7 Å². The maximum Gasteiger partial charge on any atom is 0.338 e. The predicted octanol–water partition coefficient (Wildman–Crippen LogP) is 5.75. The topological polar surface area (TPSA) is 59.7 Å². The third-order valence-electron chi connectivity index (χ3n) is 9.49. The van der Waals surface area contributed by atoms with Crippen LogP contribution >= 0.6 is 0 Å². The lowest BCUT2D eigenvalue weighted by atomic mass is 9.41. The minimum atomic E-state index is -0.898. The Bertz CT molecular complexity index is 976. The lowest BCUT2D eigenvalue weighted by Gasteiger charge is -2.67. The molecule has 0 radical (unpaired) electrons. The first kappa shape index (κ1) is 20.8. The molecule has 31 heavy (non-hydrogen) atoms. The predicted molar refractivity (Wildman–Crippen MR) is 119 cm³/mol. The highest BCUT2D eigenvalue weighted by Gasteiger charge is 2.68. The minimum Gasteiger partial charge on any atom is -0.469 e. The van der Waals surface area contributed by atoms with Crippen molar-refractivity contribution in [2.75, 3.05) is 0 Å². The normalized spacial score (nSPS) is 38.5. The van der Waals surface area contributed by atoms with Crippen LogP contribution in [0.2, 0.25) is 0 Å². The molecule has 4 nitrogen and oxygen atoms in total. The molecule has 0 aliphatic heterocycles. The van der Waals surface area contributed by atoms with Gasteiger partial charge in [-0.1, -0.05) is 45.9 Å². The zero-order valence-electron chi connectivity index (χ0n) is 19.1. The highest BCUT2D eigenvalue weighted by molar-refractivity contribution is 5.89. The Morgan fingerprint density at radius 2 is 1.84 bits per heavy atom. The number of ether oxygens (including phenoxy) is 1. The fraction of sp³-hybridized carbons (Fsp3) is 0.593. The summed E-state index contributed by atoms with van der Waals surface area (Å²) in [5.41, 5.74) is 0.231. The number of carbonyl (C=O) groups excluding carboxylic acids is 1. The van der Waals surface area contributed by atoms with Crippen LogP contribution < -0.4 is 0 Å². The van der Waals surface area contributed by atoms with E-state index in [0.717, 1.165) is 37.9 Å². The summed E-state index contributed by atoms with van der Waals surface area (Å²) in [4.78, 5) is 12.8. The second-order valence-corrected chi connectivity index (χ2v) is 10.9. The van der Waals surface area contributed by atoms with Gasteiger partial charge in [0.05, 0.1) is 17.4 Å². The Hall–Kier alpha value is -2.07. The molecule has 5 rings (SSSR count). The molecule has 1 N–H and O–H groups in total. The molecule has 3 aliphatic carbocycles. The lowest BCUT2D eigenvalue weighted by molar-refractivity contribution is -0.267. The molecule has 0 spiro atoms. The van der Waals surface area contributed by atoms with Gasteiger partial charge in [0.1, 0.15) is 11.9 Å². The summed E-state index contributed by atoms with van der Waals surface area (Å²) >= 11 is 0. The number of rotatable bonds is 2. The first-order chi connectivity index (χ1) is 14.7. The third kappa shape index (κ3) is 2.80. The Labute approximate surface area is 185 Å². The van der Waals surface area contributed by atoms with Crippen molar-refractivity contribution < 1.29 is 19.1 Å². The number of hydrogen-bond donors (Lipinski definition) is 1. The molecule has 166 valence electrons. The molecule has 2 fully saturated rings. The second-order valence-electron chi connectivity index (χ2n) is 10.9. The summed E-state index contributed by atoms with van der Waals surface area (Å²) in [6.45, 7) is 8.79. The van der Waals surface area contributed by atoms with E-state index in [1.807, 2.05) is 24.5 Å². The number of furan rings is 1. The van der Waals surface area contributed by atoms with Crippen LogP contribution in [0.25, 0.3) is 0 Å². The van der Waals surface area contributed by atoms with E-state index in [4.69, 9.17) is 9.15 Å². The summed E-state index contributed by atoms with van der Waals surface area (Å²) in [5.74, 6) is 2.16. The van der Waals surface area contributed by atoms with Gasteiger partial charge in [0.2, 0.25) is 0 Å². The van der Waals surface area contributed by atoms with Gasteiger partial charge in [-0.25, -0.2) is 4.79 Å². The van der Waals surface area contributed by atoms with Gasteiger partial charge in [-0.3, -0.25) is 0 Å². The minimum absolute atomic E-state index is 0.242. The highest BCUT2D eigenvalue weighted by atomic mass is 16.5. The van der Waals surface area contributed by atoms with Gasteiger partial charge >= 0.3 is 5.97 Å². The second kappa shape index (κ2) is 6.96. The van der Waals surface area contributed by atoms with Crippen LogP contribution in [-0.2, 0) is 11.2 Å². The van der Waals surface area contributed by atoms with Gasteiger partial charge in [0, 0.05) is 17.3 Å². The summed E-state index contributed by atoms with van der Waals surface area (Å²) in [6, 6.07) is 11.3. The van der Waals surface area contributed by atoms with Crippen LogP contribution in [0.5, 0.6) is 0 Å². The molecule has 0 bridgehead atoms. The van der Waals surface area contributed by atoms with E-state index < -0.39 is 11.0 Å². The van der Waals surface area contributed by atoms with Crippen molar-refractivity contribution in [3.63, 3.8) is 0 Å². The third-order valence-corrected chi connectivity index (χ3v) is 9.49. The summed E-state index contributed by atoms with van der Waals surface area (Å²) in [5, 5.41) is 12.3. The Kier molecular flexibility index (Phi) is 4.68. The van der Waals surface area contributed by atoms with E-state index in [0.29, 0.717) is 23.3 Å². The molecule has 2 saturated carbocycles. The van der Waals surface area contributed by atoms with Crippen molar-refractivity contribution in [3.8, 4) is 0 Å². The largest absolute Gasteiger partial charge is 0.469 e. The van der Waals surface area contributed by atoms with Crippen LogP contribution in [0.3, 0.4) is 0 Å². The van der Waals surface area contributed by atoms with E-state index in [2.05, 4.69) is 33.8 Å². The molecular formula is C27H34O4. The standard InChI is InChI=1S/C27H34O4/c1-17-19-10-14-27(29)25(2,3)23(31-24(28)18-8-6-5-7-9-18)11-13-26(27,4)21(19)16-22-20(17)12-15-30-22/h5-9,12,15,17,19,21,23,29H,10-11,13-14,16H2,1-4H3. The average Bonchev–Trinajstić information content (AvgIpc) is 3.23. The van der Waals surface area contributed by atoms with E-state index >= 15 is 0 Å². The number of fused-ring (bicyclic) bond motifs is 4. The van der Waals surface area contributed by atoms with E-state index in [1.165, 1.54) is 5.56 Å². The number of benzene rings is 1. The molecule has 6 atom stereocenters. The average molecular weight is 423 g/mol. The number of esters is 1. The van der Waals surface area contributed by atoms with Crippen molar-refractivity contribution in [2.45, 2.75) is 77.4 Å². The van der Waals surface area contributed by atoms with Gasteiger partial charge in [0.15, 0.2) is 0 Å². The van der Waals surface area contributed by atoms with Crippen molar-refractivity contribution in [1.82, 2.24) is 0 Å². The van der Waals surface area contributed by atoms with Crippen LogP contribution in [-0.4, -0.2) is 22.8 Å². The maximum atomic E-state index is 12.8. The van der Waals surface area contributed by atoms with E-state index in [-0.39, 0.29) is 17.5 Å². The molecule has 0 saturated heterocycles. The number of aliphatic hydroxyl groups is 1. The molecular weight excluding hydrogens is 388 g/mol. The van der Waals surface area contributed by atoms with Crippen LogP contribution in [0.4, 0.5) is 0 Å². The first-order valence-corrected chi connectivity index (χ1v) is 11.7. The quantitative estimate of drug-likeness (QED) is 0.626. The fourth-order valence-electron chi connectivity index (χ4n) is 7.46. The Morgan fingerprint density at radius 3 is 2.58 bits per heavy atom. The van der Waals surface area contributed by atoms with Crippen LogP contribution in [0.1, 0.15) is 81.0 Å². The van der Waals surface area contributed by atoms with Gasteiger partial charge in [-0.05, 0) is 67.2 Å². The van der Waals surface area contributed by atoms with Crippen molar-refractivity contribution in [2.24, 2.45) is 22.7 Å². The van der Waals surface area contributed by atoms with Crippen molar-refractivity contribution in [3.05, 3.63) is 59.5 Å². The Morgan fingerprint density at radius 1 is 1.10 bits per heavy atom. The van der Waals surface area contributed by atoms with Crippen LogP contribution in [0.15, 0.2) is 47.1 Å². The molecule has 4 heteroatoms. The van der Waals surface area contributed by atoms with E-state index in [9.17, 15) is 9.90 Å². The zero-order valence-corrected chi connectivity index (χ0v) is 19.1. The zero-order chi connectivity index (χ0) is 22.0. The number of hydrogen-bond acceptors (Lipinski definition) is 4. The number of carbonyl (C=O) groups is 1. The lowest BCUT2D eigenvalue weighted by Crippen LogP contribution is -2.70. The molecule has 2 aromatic rings. The van der Waals surface area contributed by atoms with Gasteiger partial charge in [0.25, 0.3) is 0 Å². The van der Waals surface area contributed by atoms with E-state index in [1.54, 1.807) is 12.1 Å². The van der Waals surface area contributed by atoms with Crippen molar-refractivity contribution in [1.29, 1.82) is 0 Å². The van der Waals surface area contributed by atoms with Gasteiger partial charge in [-0.15, -0.1) is 0 Å². The monoisotopic (exact) mass is 422 g/mol. The highest BCUT2D eigenvalue weighted by Crippen LogP contribution is 2.67. The van der Waals surface area contributed by atoms with Crippen molar-refractivity contribution >= 4 is 5.97 Å². The molecule has 0 amide bonds. The SMILES string of the molecule is CC1c2ccoc2CC2C1CCC1(O)C(C)(C)C(OC(=O)c3ccccc3)CCC21C. The molecule has 6 unspecified atom stereocenters. The summed E-state index contributed by atoms with van der Waals surface area (Å²) in [7, 11) is 0. The van der Waals surface area contributed by atoms with Gasteiger partial charge in [-0.2, -0.15) is 0 Å². The summed E-state index contributed by atoms with van der Waals surface area (Å²) < 4.78 is 11.9. The smallest absolute Gasteiger partial charge is 0.338 e. The molecule has 3 aliphatic rings. The first-order valence-electron chi connectivity index (χ1n) is 11.7. The maximum absolute atomic E-state index is 12.8. The Balaban J connectivity index is 1.45. The molecule has 1 heterocycles. The molecule has 1 aromatic carbocycles. The summed E-state index contributed by atoms with van der Waals surface area (Å²) in [6.07, 6.45) is 5.75.